The molecule has 0 bridgehead atoms. The standard InChI is InChI=1S/C7H12S/c8-6-5-7-3-1-2-4-7/h3,7H,1-2,4-6H2. The maximum Gasteiger partial charge on any atom is 0.00396 e. The molecule has 0 aliphatic heterocycles. The van der Waals surface area contributed by atoms with Gasteiger partial charge in [-0.3, -0.25) is 0 Å². The minimum atomic E-state index is 0.882. The van der Waals surface area contributed by atoms with Crippen molar-refractivity contribution in [3.8, 4) is 0 Å². The van der Waals surface area contributed by atoms with Gasteiger partial charge in [0.1, 0.15) is 0 Å². The Kier molecular flexibility index (Phi) is 2.74. The zero-order valence-corrected chi connectivity index (χ0v) is 5.91. The lowest BCUT2D eigenvalue weighted by Gasteiger charge is -2.02. The Labute approximate surface area is 57.1 Å². The molecule has 1 fully saturated rings. The highest BCUT2D eigenvalue weighted by atomic mass is 32.1. The molecule has 0 nitrogen and oxygen atoms in total. The molecule has 0 aromatic rings. The molecule has 2 radical (unpaired) electrons. The van der Waals surface area contributed by atoms with Crippen LogP contribution in [0.1, 0.15) is 25.7 Å². The number of hydrogen-bond donors (Lipinski definition) is 0. The van der Waals surface area contributed by atoms with Crippen LogP contribution in [-0.4, -0.2) is 5.75 Å². The smallest absolute Gasteiger partial charge is 0.00396 e. The summed E-state index contributed by atoms with van der Waals surface area (Å²) in [7, 11) is 0. The molecule has 1 aliphatic rings. The third-order valence-electron chi connectivity index (χ3n) is 1.77. The molecule has 1 saturated carbocycles. The Hall–Kier alpha value is 0.350. The predicted molar refractivity (Wildman–Crippen MR) is 38.7 cm³/mol. The summed E-state index contributed by atoms with van der Waals surface area (Å²) in [4.78, 5) is 0. The van der Waals surface area contributed by atoms with Gasteiger partial charge in [-0.25, -0.2) is 0 Å². The molecule has 1 atom stereocenters. The monoisotopic (exact) mass is 128 g/mol. The molecule has 1 aliphatic carbocycles. The quantitative estimate of drug-likeness (QED) is 0.536. The molecule has 0 amide bonds. The minimum Gasteiger partial charge on any atom is -0.0941 e. The highest BCUT2D eigenvalue weighted by Gasteiger charge is 2.13. The molecule has 0 aromatic heterocycles. The van der Waals surface area contributed by atoms with Gasteiger partial charge in [0, 0.05) is 5.75 Å². The largest absolute Gasteiger partial charge is 0.0941 e. The summed E-state index contributed by atoms with van der Waals surface area (Å²) in [5.74, 6) is 1.83. The fraction of sp³-hybridized carbons (Fsp3) is 0.857. The number of hydrogen-bond acceptors (Lipinski definition) is 0. The van der Waals surface area contributed by atoms with E-state index in [-0.39, 0.29) is 0 Å². The lowest BCUT2D eigenvalue weighted by atomic mass is 10.1. The van der Waals surface area contributed by atoms with Crippen LogP contribution in [-0.2, 0) is 0 Å². The van der Waals surface area contributed by atoms with E-state index in [1.54, 1.807) is 0 Å². The van der Waals surface area contributed by atoms with E-state index in [9.17, 15) is 0 Å². The SMILES string of the molecule is [S]CCC1[CH]CCC1. The van der Waals surface area contributed by atoms with Crippen molar-refractivity contribution in [3.05, 3.63) is 6.42 Å². The van der Waals surface area contributed by atoms with E-state index in [1.807, 2.05) is 0 Å². The summed E-state index contributed by atoms with van der Waals surface area (Å²) >= 11 is 4.87. The summed E-state index contributed by atoms with van der Waals surface area (Å²) < 4.78 is 0. The summed E-state index contributed by atoms with van der Waals surface area (Å²) in [5, 5.41) is 0. The fourth-order valence-electron chi connectivity index (χ4n) is 1.27. The van der Waals surface area contributed by atoms with Crippen molar-refractivity contribution in [2.75, 3.05) is 5.75 Å². The topological polar surface area (TPSA) is 0 Å². The van der Waals surface area contributed by atoms with Crippen molar-refractivity contribution in [2.45, 2.75) is 25.7 Å². The zero-order chi connectivity index (χ0) is 5.82. The zero-order valence-electron chi connectivity index (χ0n) is 5.10. The van der Waals surface area contributed by atoms with E-state index in [4.69, 9.17) is 12.6 Å². The maximum absolute atomic E-state index is 4.87. The third-order valence-corrected chi connectivity index (χ3v) is 2.00. The lowest BCUT2D eigenvalue weighted by molar-refractivity contribution is 0.608. The first-order valence-corrected chi connectivity index (χ1v) is 3.92. The van der Waals surface area contributed by atoms with Crippen LogP contribution in [0.4, 0.5) is 0 Å². The summed E-state index contributed by atoms with van der Waals surface area (Å²) in [6.45, 7) is 0. The van der Waals surface area contributed by atoms with E-state index < -0.39 is 0 Å². The Morgan fingerprint density at radius 2 is 2.50 bits per heavy atom. The molecule has 8 heavy (non-hydrogen) atoms. The molecule has 0 saturated heterocycles. The number of rotatable bonds is 2. The fourth-order valence-corrected chi connectivity index (χ4v) is 1.57. The maximum atomic E-state index is 4.87. The van der Waals surface area contributed by atoms with Crippen LogP contribution in [0.15, 0.2) is 0 Å². The molecule has 0 heterocycles. The Bertz CT molecular complexity index is 55.4. The van der Waals surface area contributed by atoms with Crippen LogP contribution in [0.25, 0.3) is 0 Å². The molecular weight excluding hydrogens is 116 g/mol. The first kappa shape index (κ1) is 6.47. The second-order valence-electron chi connectivity index (χ2n) is 2.42. The minimum absolute atomic E-state index is 0.882. The van der Waals surface area contributed by atoms with Crippen LogP contribution in [0, 0.1) is 12.3 Å². The van der Waals surface area contributed by atoms with Crippen molar-refractivity contribution in [1.29, 1.82) is 0 Å². The highest BCUT2D eigenvalue weighted by Crippen LogP contribution is 2.26. The van der Waals surface area contributed by atoms with Crippen molar-refractivity contribution < 1.29 is 0 Å². The van der Waals surface area contributed by atoms with E-state index >= 15 is 0 Å². The van der Waals surface area contributed by atoms with Gasteiger partial charge in [-0.2, -0.15) is 0 Å². The van der Waals surface area contributed by atoms with Gasteiger partial charge in [-0.1, -0.05) is 25.5 Å². The van der Waals surface area contributed by atoms with Gasteiger partial charge in [0.15, 0.2) is 0 Å². The van der Waals surface area contributed by atoms with Crippen LogP contribution in [0.2, 0.25) is 0 Å². The first-order valence-electron chi connectivity index (χ1n) is 3.35. The predicted octanol–water partition coefficient (Wildman–Crippen LogP) is 2.58. The van der Waals surface area contributed by atoms with Crippen molar-refractivity contribution in [1.82, 2.24) is 0 Å². The average molecular weight is 128 g/mol. The average Bonchev–Trinajstić information content (AvgIpc) is 2.19. The van der Waals surface area contributed by atoms with Crippen molar-refractivity contribution in [3.63, 3.8) is 0 Å². The summed E-state index contributed by atoms with van der Waals surface area (Å²) in [6.07, 6.45) is 7.80. The molecule has 46 valence electrons. The van der Waals surface area contributed by atoms with Crippen LogP contribution >= 0.6 is 12.6 Å². The molecule has 0 spiro atoms. The summed E-state index contributed by atoms with van der Waals surface area (Å²) in [5.41, 5.74) is 0. The molecule has 0 aromatic carbocycles. The normalized spacial score (nSPS) is 22.1. The second kappa shape index (κ2) is 3.39. The van der Waals surface area contributed by atoms with Gasteiger partial charge < -0.3 is 0 Å². The van der Waals surface area contributed by atoms with E-state index in [0.717, 1.165) is 11.7 Å². The van der Waals surface area contributed by atoms with Gasteiger partial charge in [-0.15, -0.1) is 0 Å². The van der Waals surface area contributed by atoms with Crippen LogP contribution in [0.3, 0.4) is 0 Å². The van der Waals surface area contributed by atoms with E-state index in [2.05, 4.69) is 6.42 Å². The van der Waals surface area contributed by atoms with Gasteiger partial charge in [0.25, 0.3) is 0 Å². The van der Waals surface area contributed by atoms with Gasteiger partial charge >= 0.3 is 0 Å². The Morgan fingerprint density at radius 3 is 3.00 bits per heavy atom. The molecular formula is C7H12S. The van der Waals surface area contributed by atoms with Gasteiger partial charge in [-0.05, 0) is 25.2 Å². The lowest BCUT2D eigenvalue weighted by Crippen LogP contribution is -1.92. The van der Waals surface area contributed by atoms with Crippen molar-refractivity contribution in [2.24, 2.45) is 5.92 Å². The van der Waals surface area contributed by atoms with E-state index in [1.165, 1.54) is 25.7 Å². The molecule has 1 unspecified atom stereocenters. The molecule has 1 heteroatoms. The second-order valence-corrected chi connectivity index (χ2v) is 2.83. The Balaban J connectivity index is 2.06. The highest BCUT2D eigenvalue weighted by molar-refractivity contribution is 7.80. The molecule has 0 N–H and O–H groups in total. The van der Waals surface area contributed by atoms with Crippen LogP contribution in [0.5, 0.6) is 0 Å². The van der Waals surface area contributed by atoms with E-state index in [0.29, 0.717) is 0 Å². The van der Waals surface area contributed by atoms with Gasteiger partial charge in [0.05, 0.1) is 0 Å². The third kappa shape index (κ3) is 1.70. The van der Waals surface area contributed by atoms with Crippen LogP contribution < -0.4 is 0 Å². The summed E-state index contributed by atoms with van der Waals surface area (Å²) in [6, 6.07) is 0. The molecule has 1 rings (SSSR count). The first-order chi connectivity index (χ1) is 3.93. The Morgan fingerprint density at radius 1 is 1.62 bits per heavy atom. The van der Waals surface area contributed by atoms with Gasteiger partial charge in [0.2, 0.25) is 0 Å². The van der Waals surface area contributed by atoms with Crippen molar-refractivity contribution >= 4 is 12.6 Å².